The molecule has 31 heavy (non-hydrogen) atoms. The highest BCUT2D eigenvalue weighted by Crippen LogP contribution is 2.17. The van der Waals surface area contributed by atoms with Crippen LogP contribution in [0.15, 0.2) is 21.9 Å². The Bertz CT molecular complexity index is 1110. The highest BCUT2D eigenvalue weighted by molar-refractivity contribution is 5.68. The zero-order valence-corrected chi connectivity index (χ0v) is 17.8. The van der Waals surface area contributed by atoms with Crippen molar-refractivity contribution in [3.63, 3.8) is 0 Å². The Morgan fingerprint density at radius 3 is 2.87 bits per heavy atom. The molecule has 0 aromatic carbocycles. The molecule has 0 bridgehead atoms. The normalized spacial score (nSPS) is 16.0. The summed E-state index contributed by atoms with van der Waals surface area (Å²) in [7, 11) is 1.32. The summed E-state index contributed by atoms with van der Waals surface area (Å²) in [5.74, 6) is 5.87. The van der Waals surface area contributed by atoms with E-state index in [-0.39, 0.29) is 31.5 Å². The number of aryl methyl sites for hydroxylation is 1. The Balaban J connectivity index is 1.90. The van der Waals surface area contributed by atoms with Crippen LogP contribution >= 0.6 is 0 Å². The monoisotopic (exact) mass is 429 g/mol. The first-order chi connectivity index (χ1) is 14.9. The molecule has 1 aliphatic rings. The van der Waals surface area contributed by atoms with E-state index in [1.165, 1.54) is 22.4 Å². The van der Waals surface area contributed by atoms with E-state index in [9.17, 15) is 14.4 Å². The number of nitrogens with two attached hydrogens (primary N) is 1. The molecule has 11 nitrogen and oxygen atoms in total. The minimum Gasteiger partial charge on any atom is -0.469 e. The molecule has 3 heterocycles. The van der Waals surface area contributed by atoms with Crippen LogP contribution in [0.5, 0.6) is 0 Å². The predicted molar refractivity (Wildman–Crippen MR) is 114 cm³/mol. The third kappa shape index (κ3) is 5.40. The van der Waals surface area contributed by atoms with Gasteiger partial charge in [-0.25, -0.2) is 4.79 Å². The van der Waals surface area contributed by atoms with Crippen molar-refractivity contribution in [1.29, 1.82) is 0 Å². The Kier molecular flexibility index (Phi) is 7.25. The Labute approximate surface area is 179 Å². The van der Waals surface area contributed by atoms with Crippen LogP contribution in [0, 0.1) is 11.8 Å². The summed E-state index contributed by atoms with van der Waals surface area (Å²) in [6.07, 6.45) is 3.56. The molecule has 0 aliphatic carbocycles. The summed E-state index contributed by atoms with van der Waals surface area (Å²) in [4.78, 5) is 39.3. The van der Waals surface area contributed by atoms with Gasteiger partial charge in [0.25, 0.3) is 5.56 Å². The molecule has 2 aromatic heterocycles. The first-order valence-corrected chi connectivity index (χ1v) is 10.1. The molecule has 0 amide bonds. The number of rotatable bonds is 7. The van der Waals surface area contributed by atoms with Gasteiger partial charge in [-0.3, -0.25) is 23.4 Å². The summed E-state index contributed by atoms with van der Waals surface area (Å²) in [5, 5.41) is 7.95. The van der Waals surface area contributed by atoms with Crippen LogP contribution in [0.3, 0.4) is 0 Å². The van der Waals surface area contributed by atoms with Crippen LogP contribution in [0.2, 0.25) is 0 Å². The molecule has 1 atom stereocenters. The lowest BCUT2D eigenvalue weighted by atomic mass is 10.1. The number of esters is 1. The van der Waals surface area contributed by atoms with Crippen molar-refractivity contribution in [3.05, 3.63) is 38.8 Å². The van der Waals surface area contributed by atoms with E-state index in [4.69, 9.17) is 5.73 Å². The minimum absolute atomic E-state index is 0.00276. The number of ether oxygens (including phenoxy) is 1. The van der Waals surface area contributed by atoms with Gasteiger partial charge < -0.3 is 15.4 Å². The van der Waals surface area contributed by atoms with Gasteiger partial charge >= 0.3 is 11.7 Å². The third-order valence-electron chi connectivity index (χ3n) is 5.13. The van der Waals surface area contributed by atoms with Gasteiger partial charge in [0.1, 0.15) is 11.5 Å². The zero-order chi connectivity index (χ0) is 22.4. The SMILES string of the molecule is CC#CCn1c(N2CCC[C@@H](N)C2)cc(=O)n(Cc2cn(CCC(=O)OC)nn2)c1=O. The van der Waals surface area contributed by atoms with Gasteiger partial charge in [0.05, 0.1) is 39.4 Å². The lowest BCUT2D eigenvalue weighted by Gasteiger charge is -2.33. The van der Waals surface area contributed by atoms with Gasteiger partial charge in [-0.05, 0) is 19.8 Å². The number of anilines is 1. The van der Waals surface area contributed by atoms with Crippen molar-refractivity contribution < 1.29 is 9.53 Å². The summed E-state index contributed by atoms with van der Waals surface area (Å²) in [5.41, 5.74) is 5.63. The second kappa shape index (κ2) is 10.1. The Morgan fingerprint density at radius 2 is 2.16 bits per heavy atom. The number of hydrogen-bond acceptors (Lipinski definition) is 8. The fourth-order valence-corrected chi connectivity index (χ4v) is 3.53. The molecule has 0 radical (unpaired) electrons. The van der Waals surface area contributed by atoms with Gasteiger partial charge in [0.15, 0.2) is 0 Å². The maximum absolute atomic E-state index is 13.2. The van der Waals surface area contributed by atoms with Crippen LogP contribution in [0.4, 0.5) is 5.82 Å². The molecule has 11 heteroatoms. The molecule has 2 aromatic rings. The van der Waals surface area contributed by atoms with Crippen LogP contribution in [-0.4, -0.2) is 56.3 Å². The lowest BCUT2D eigenvalue weighted by molar-refractivity contribution is -0.140. The van der Waals surface area contributed by atoms with Gasteiger partial charge in [0, 0.05) is 25.2 Å². The van der Waals surface area contributed by atoms with E-state index in [1.54, 1.807) is 13.1 Å². The minimum atomic E-state index is -0.464. The average Bonchev–Trinajstić information content (AvgIpc) is 3.21. The number of carbonyl (C=O) groups excluding carboxylic acids is 1. The fourth-order valence-electron chi connectivity index (χ4n) is 3.53. The van der Waals surface area contributed by atoms with Crippen LogP contribution < -0.4 is 21.9 Å². The van der Waals surface area contributed by atoms with Gasteiger partial charge in [-0.2, -0.15) is 0 Å². The van der Waals surface area contributed by atoms with Crippen molar-refractivity contribution >= 4 is 11.8 Å². The second-order valence-electron chi connectivity index (χ2n) is 7.37. The van der Waals surface area contributed by atoms with Crippen LogP contribution in [0.1, 0.15) is 31.9 Å². The smallest absolute Gasteiger partial charge is 0.333 e. The fraction of sp³-hybridized carbons (Fsp3) is 0.550. The Hall–Kier alpha value is -3.39. The molecule has 1 fully saturated rings. The molecule has 0 unspecified atom stereocenters. The molecule has 1 aliphatic heterocycles. The van der Waals surface area contributed by atoms with Crippen molar-refractivity contribution in [2.75, 3.05) is 25.1 Å². The number of carbonyl (C=O) groups is 1. The summed E-state index contributed by atoms with van der Waals surface area (Å²) < 4.78 is 8.69. The maximum atomic E-state index is 13.2. The van der Waals surface area contributed by atoms with Gasteiger partial charge in [-0.15, -0.1) is 11.0 Å². The lowest BCUT2D eigenvalue weighted by Crippen LogP contribution is -2.48. The molecule has 2 N–H and O–H groups in total. The number of aromatic nitrogens is 5. The number of nitrogens with zero attached hydrogens (tertiary/aromatic N) is 6. The Morgan fingerprint density at radius 1 is 1.35 bits per heavy atom. The standard InChI is InChI=1S/C20H27N7O4/c1-3-4-9-26-17(24-8-5-6-15(21)12-24)11-18(28)27(20(26)30)14-16-13-25(23-22-16)10-7-19(29)31-2/h11,13,15H,5-10,12,14,21H2,1-2H3/t15-/m1/s1. The summed E-state index contributed by atoms with van der Waals surface area (Å²) >= 11 is 0. The molecule has 0 spiro atoms. The maximum Gasteiger partial charge on any atom is 0.333 e. The van der Waals surface area contributed by atoms with Crippen LogP contribution in [0.25, 0.3) is 0 Å². The molecule has 1 saturated heterocycles. The highest BCUT2D eigenvalue weighted by atomic mass is 16.5. The highest BCUT2D eigenvalue weighted by Gasteiger charge is 2.22. The van der Waals surface area contributed by atoms with Crippen molar-refractivity contribution in [3.8, 4) is 11.8 Å². The molecule has 0 saturated carbocycles. The second-order valence-corrected chi connectivity index (χ2v) is 7.37. The van der Waals surface area contributed by atoms with E-state index < -0.39 is 11.2 Å². The average molecular weight is 429 g/mol. The van der Waals surface area contributed by atoms with Crippen molar-refractivity contribution in [2.24, 2.45) is 5.73 Å². The summed E-state index contributed by atoms with van der Waals surface area (Å²) in [6.45, 7) is 3.43. The number of piperidine rings is 1. The quantitative estimate of drug-likeness (QED) is 0.446. The topological polar surface area (TPSA) is 130 Å². The van der Waals surface area contributed by atoms with E-state index >= 15 is 0 Å². The largest absolute Gasteiger partial charge is 0.469 e. The van der Waals surface area contributed by atoms with Gasteiger partial charge in [-0.1, -0.05) is 11.1 Å². The zero-order valence-electron chi connectivity index (χ0n) is 17.8. The van der Waals surface area contributed by atoms with Crippen LogP contribution in [-0.2, 0) is 29.2 Å². The third-order valence-corrected chi connectivity index (χ3v) is 5.13. The first-order valence-electron chi connectivity index (χ1n) is 10.1. The first kappa shape index (κ1) is 22.3. The summed E-state index contributed by atoms with van der Waals surface area (Å²) in [6, 6.07) is 1.45. The molecule has 3 rings (SSSR count). The molecular formula is C20H27N7O4. The van der Waals surface area contributed by atoms with E-state index in [0.29, 0.717) is 24.6 Å². The van der Waals surface area contributed by atoms with Crippen molar-refractivity contribution in [1.82, 2.24) is 24.1 Å². The van der Waals surface area contributed by atoms with Gasteiger partial charge in [0.2, 0.25) is 0 Å². The van der Waals surface area contributed by atoms with E-state index in [2.05, 4.69) is 26.9 Å². The van der Waals surface area contributed by atoms with Crippen molar-refractivity contribution in [2.45, 2.75) is 51.9 Å². The van der Waals surface area contributed by atoms with E-state index in [1.807, 2.05) is 4.90 Å². The number of hydrogen-bond donors (Lipinski definition) is 1. The predicted octanol–water partition coefficient (Wildman–Crippen LogP) is -0.836. The molecular weight excluding hydrogens is 402 g/mol. The van der Waals surface area contributed by atoms with E-state index in [0.717, 1.165) is 24.0 Å². The number of methoxy groups -OCH3 is 1. The molecule has 166 valence electrons.